The summed E-state index contributed by atoms with van der Waals surface area (Å²) in [4.78, 5) is 14.3. The molecule has 0 aliphatic carbocycles. The number of rotatable bonds is 5. The van der Waals surface area contributed by atoms with Crippen molar-refractivity contribution in [3.05, 3.63) is 34.3 Å². The molecule has 2 aliphatic heterocycles. The molecule has 2 heterocycles. The number of carbonyl (C=O) groups is 1. The molecule has 0 fully saturated rings. The van der Waals surface area contributed by atoms with Crippen LogP contribution in [0.1, 0.15) is 36.8 Å². The summed E-state index contributed by atoms with van der Waals surface area (Å²) in [5, 5.41) is 8.87. The standard InChI is InChI=1S/C17H18ClN3O/c1-2-3-8-17(19-20-17)9-6-16(22)21-10-7-13-4-5-15(18)11-14(13)12-21/h1,4-5,11H,3,6-10,12H2. The molecule has 4 nitrogen and oxygen atoms in total. The van der Waals surface area contributed by atoms with Gasteiger partial charge in [0, 0.05) is 43.8 Å². The molecule has 0 unspecified atom stereocenters. The van der Waals surface area contributed by atoms with Crippen molar-refractivity contribution >= 4 is 17.5 Å². The van der Waals surface area contributed by atoms with Crippen molar-refractivity contribution in [1.29, 1.82) is 0 Å². The lowest BCUT2D eigenvalue weighted by atomic mass is 9.98. The molecule has 1 aromatic carbocycles. The van der Waals surface area contributed by atoms with Crippen LogP contribution in [0.5, 0.6) is 0 Å². The fourth-order valence-corrected chi connectivity index (χ4v) is 3.07. The number of fused-ring (bicyclic) bond motifs is 1. The van der Waals surface area contributed by atoms with Crippen LogP contribution in [0.15, 0.2) is 28.4 Å². The molecular weight excluding hydrogens is 298 g/mol. The molecule has 0 radical (unpaired) electrons. The Morgan fingerprint density at radius 2 is 2.18 bits per heavy atom. The van der Waals surface area contributed by atoms with Gasteiger partial charge in [-0.15, -0.1) is 12.3 Å². The third-order valence-electron chi connectivity index (χ3n) is 4.33. The maximum Gasteiger partial charge on any atom is 0.223 e. The maximum atomic E-state index is 12.4. The van der Waals surface area contributed by atoms with Crippen LogP contribution in [0.4, 0.5) is 0 Å². The van der Waals surface area contributed by atoms with Gasteiger partial charge in [0.05, 0.1) is 0 Å². The van der Waals surface area contributed by atoms with Gasteiger partial charge in [0.1, 0.15) is 0 Å². The molecule has 114 valence electrons. The average Bonchev–Trinajstić information content (AvgIpc) is 3.30. The van der Waals surface area contributed by atoms with Crippen LogP contribution in [0.2, 0.25) is 5.02 Å². The van der Waals surface area contributed by atoms with Gasteiger partial charge in [-0.1, -0.05) is 17.7 Å². The third kappa shape index (κ3) is 3.31. The molecule has 2 aliphatic rings. The van der Waals surface area contributed by atoms with Crippen molar-refractivity contribution in [3.8, 4) is 12.3 Å². The van der Waals surface area contributed by atoms with Crippen LogP contribution >= 0.6 is 11.6 Å². The van der Waals surface area contributed by atoms with E-state index in [0.717, 1.165) is 30.0 Å². The lowest BCUT2D eigenvalue weighted by Crippen LogP contribution is -2.36. The van der Waals surface area contributed by atoms with Gasteiger partial charge in [0.2, 0.25) is 5.91 Å². The molecule has 0 bridgehead atoms. The molecule has 1 aromatic rings. The second kappa shape index (κ2) is 6.10. The van der Waals surface area contributed by atoms with Crippen LogP contribution in [0.3, 0.4) is 0 Å². The zero-order valence-electron chi connectivity index (χ0n) is 12.4. The fourth-order valence-electron chi connectivity index (χ4n) is 2.87. The highest BCUT2D eigenvalue weighted by atomic mass is 35.5. The Kier molecular flexibility index (Phi) is 4.17. The van der Waals surface area contributed by atoms with E-state index in [2.05, 4.69) is 22.2 Å². The minimum Gasteiger partial charge on any atom is -0.338 e. The van der Waals surface area contributed by atoms with E-state index in [9.17, 15) is 4.79 Å². The van der Waals surface area contributed by atoms with Crippen LogP contribution in [0.25, 0.3) is 0 Å². The second-order valence-corrected chi connectivity index (χ2v) is 6.30. The molecule has 0 aromatic heterocycles. The molecular formula is C17H18ClN3O. The second-order valence-electron chi connectivity index (χ2n) is 5.86. The lowest BCUT2D eigenvalue weighted by Gasteiger charge is -2.29. The molecule has 3 rings (SSSR count). The number of amides is 1. The van der Waals surface area contributed by atoms with Crippen molar-refractivity contribution in [2.75, 3.05) is 6.54 Å². The summed E-state index contributed by atoms with van der Waals surface area (Å²) in [7, 11) is 0. The van der Waals surface area contributed by atoms with Gasteiger partial charge in [-0.3, -0.25) is 4.79 Å². The van der Waals surface area contributed by atoms with E-state index in [1.54, 1.807) is 0 Å². The number of terminal acetylenes is 1. The third-order valence-corrected chi connectivity index (χ3v) is 4.56. The van der Waals surface area contributed by atoms with E-state index in [1.807, 2.05) is 17.0 Å². The van der Waals surface area contributed by atoms with E-state index in [4.69, 9.17) is 18.0 Å². The number of benzene rings is 1. The predicted molar refractivity (Wildman–Crippen MR) is 85.5 cm³/mol. The van der Waals surface area contributed by atoms with Gasteiger partial charge in [-0.2, -0.15) is 10.2 Å². The van der Waals surface area contributed by atoms with Gasteiger partial charge in [0.15, 0.2) is 5.66 Å². The van der Waals surface area contributed by atoms with Gasteiger partial charge < -0.3 is 4.90 Å². The van der Waals surface area contributed by atoms with Gasteiger partial charge in [-0.25, -0.2) is 0 Å². The first-order valence-electron chi connectivity index (χ1n) is 7.54. The van der Waals surface area contributed by atoms with Crippen LogP contribution < -0.4 is 0 Å². The molecule has 0 saturated carbocycles. The van der Waals surface area contributed by atoms with Gasteiger partial charge in [-0.05, 0) is 29.7 Å². The van der Waals surface area contributed by atoms with Crippen molar-refractivity contribution in [1.82, 2.24) is 4.90 Å². The van der Waals surface area contributed by atoms with Crippen LogP contribution in [-0.4, -0.2) is 23.0 Å². The Labute approximate surface area is 135 Å². The Morgan fingerprint density at radius 1 is 1.36 bits per heavy atom. The summed E-state index contributed by atoms with van der Waals surface area (Å²) in [6, 6.07) is 5.91. The topological polar surface area (TPSA) is 45.0 Å². The Balaban J connectivity index is 1.55. The first kappa shape index (κ1) is 15.1. The SMILES string of the molecule is C#CCCC1(CCC(=O)N2CCc3ccc(Cl)cc3C2)N=N1. The predicted octanol–water partition coefficient (Wildman–Crippen LogP) is 3.58. The normalized spacial score (nSPS) is 17.7. The van der Waals surface area contributed by atoms with Crippen LogP contribution in [0, 0.1) is 12.3 Å². The van der Waals surface area contributed by atoms with Crippen LogP contribution in [-0.2, 0) is 17.8 Å². The quantitative estimate of drug-likeness (QED) is 0.766. The highest BCUT2D eigenvalue weighted by molar-refractivity contribution is 6.30. The highest BCUT2D eigenvalue weighted by Gasteiger charge is 2.39. The fraction of sp³-hybridized carbons (Fsp3) is 0.471. The number of halogens is 1. The number of hydrogen-bond donors (Lipinski definition) is 0. The van der Waals surface area contributed by atoms with Crippen molar-refractivity contribution in [2.24, 2.45) is 10.2 Å². The van der Waals surface area contributed by atoms with Crippen molar-refractivity contribution in [3.63, 3.8) is 0 Å². The smallest absolute Gasteiger partial charge is 0.223 e. The summed E-state index contributed by atoms with van der Waals surface area (Å²) in [6.45, 7) is 1.40. The molecule has 5 heteroatoms. The largest absolute Gasteiger partial charge is 0.338 e. The van der Waals surface area contributed by atoms with Crippen molar-refractivity contribution in [2.45, 2.75) is 44.3 Å². The Hall–Kier alpha value is -1.86. The molecule has 22 heavy (non-hydrogen) atoms. The molecule has 0 atom stereocenters. The van der Waals surface area contributed by atoms with Gasteiger partial charge >= 0.3 is 0 Å². The highest BCUT2D eigenvalue weighted by Crippen LogP contribution is 2.38. The van der Waals surface area contributed by atoms with Gasteiger partial charge in [0.25, 0.3) is 0 Å². The maximum absolute atomic E-state index is 12.4. The summed E-state index contributed by atoms with van der Waals surface area (Å²) in [5.41, 5.74) is 2.06. The lowest BCUT2D eigenvalue weighted by molar-refractivity contribution is -0.132. The first-order valence-corrected chi connectivity index (χ1v) is 7.92. The Bertz CT molecular complexity index is 656. The summed E-state index contributed by atoms with van der Waals surface area (Å²) < 4.78 is 0. The van der Waals surface area contributed by atoms with E-state index in [1.165, 1.54) is 5.56 Å². The first-order chi connectivity index (χ1) is 10.6. The van der Waals surface area contributed by atoms with E-state index in [0.29, 0.717) is 25.8 Å². The Morgan fingerprint density at radius 3 is 2.91 bits per heavy atom. The number of carbonyl (C=O) groups excluding carboxylic acids is 1. The molecule has 0 N–H and O–H groups in total. The number of nitrogens with zero attached hydrogens (tertiary/aromatic N) is 3. The summed E-state index contributed by atoms with van der Waals surface area (Å²) >= 11 is 6.04. The van der Waals surface area contributed by atoms with Crippen molar-refractivity contribution < 1.29 is 4.79 Å². The number of hydrogen-bond acceptors (Lipinski definition) is 3. The molecule has 1 amide bonds. The van der Waals surface area contributed by atoms with E-state index in [-0.39, 0.29) is 11.6 Å². The summed E-state index contributed by atoms with van der Waals surface area (Å²) in [6.07, 6.45) is 8.68. The summed E-state index contributed by atoms with van der Waals surface area (Å²) in [5.74, 6) is 2.76. The van der Waals surface area contributed by atoms with E-state index >= 15 is 0 Å². The van der Waals surface area contributed by atoms with E-state index < -0.39 is 0 Å². The zero-order valence-corrected chi connectivity index (χ0v) is 13.1. The molecule has 0 saturated heterocycles. The average molecular weight is 316 g/mol. The monoisotopic (exact) mass is 315 g/mol. The minimum absolute atomic E-state index is 0.156. The zero-order chi connectivity index (χ0) is 15.6. The molecule has 0 spiro atoms. The minimum atomic E-state index is -0.376.